The Bertz CT molecular complexity index is 419. The van der Waals surface area contributed by atoms with Gasteiger partial charge in [0.15, 0.2) is 5.96 Å². The predicted molar refractivity (Wildman–Crippen MR) is 105 cm³/mol. The van der Waals surface area contributed by atoms with Gasteiger partial charge >= 0.3 is 0 Å². The summed E-state index contributed by atoms with van der Waals surface area (Å²) in [7, 11) is 0. The summed E-state index contributed by atoms with van der Waals surface area (Å²) in [4.78, 5) is 10.1. The fourth-order valence-electron chi connectivity index (χ4n) is 2.15. The monoisotopic (exact) mass is 440 g/mol. The number of halogens is 1. The van der Waals surface area contributed by atoms with E-state index < -0.39 is 0 Å². The van der Waals surface area contributed by atoms with Gasteiger partial charge in [0.1, 0.15) is 0 Å². The van der Waals surface area contributed by atoms with Crippen LogP contribution in [0, 0.1) is 12.8 Å². The number of aryl methyl sites for hydroxylation is 1. The smallest absolute Gasteiger partial charge is 0.191 e. The maximum Gasteiger partial charge on any atom is 0.191 e. The van der Waals surface area contributed by atoms with Crippen molar-refractivity contribution < 1.29 is 5.11 Å². The Kier molecular flexibility index (Phi) is 12.8. The minimum Gasteiger partial charge on any atom is -0.396 e. The molecule has 1 aromatic heterocycles. The number of rotatable bonds is 9. The fraction of sp³-hybridized carbons (Fsp3) is 0.733. The van der Waals surface area contributed by atoms with Gasteiger partial charge in [0.25, 0.3) is 0 Å². The van der Waals surface area contributed by atoms with E-state index >= 15 is 0 Å². The molecule has 0 saturated carbocycles. The molecular weight excluding hydrogens is 411 g/mol. The van der Waals surface area contributed by atoms with Gasteiger partial charge in [0.2, 0.25) is 0 Å². The van der Waals surface area contributed by atoms with Gasteiger partial charge in [0.05, 0.1) is 17.7 Å². The van der Waals surface area contributed by atoms with Crippen LogP contribution in [-0.2, 0) is 6.54 Å². The molecule has 0 aliphatic rings. The Morgan fingerprint density at radius 1 is 1.36 bits per heavy atom. The first-order valence-corrected chi connectivity index (χ1v) is 8.61. The maximum atomic E-state index is 9.11. The molecule has 0 bridgehead atoms. The van der Waals surface area contributed by atoms with Crippen molar-refractivity contribution in [3.8, 4) is 0 Å². The molecule has 0 aliphatic carbocycles. The molecule has 0 aromatic carbocycles. The average Bonchev–Trinajstić information content (AvgIpc) is 2.87. The second-order valence-corrected chi connectivity index (χ2v) is 6.04. The normalized spacial score (nSPS) is 12.6. The van der Waals surface area contributed by atoms with Crippen LogP contribution in [0.2, 0.25) is 0 Å². The number of hydrogen-bond acceptors (Lipinski definition) is 4. The summed E-state index contributed by atoms with van der Waals surface area (Å²) in [6.45, 7) is 8.85. The van der Waals surface area contributed by atoms with E-state index in [1.54, 1.807) is 11.3 Å². The van der Waals surface area contributed by atoms with Gasteiger partial charge in [-0.2, -0.15) is 0 Å². The summed E-state index contributed by atoms with van der Waals surface area (Å²) in [6.07, 6.45) is 3.11. The average molecular weight is 440 g/mol. The number of thiazole rings is 1. The molecule has 1 rings (SSSR count). The van der Waals surface area contributed by atoms with Crippen LogP contribution in [0.1, 0.15) is 43.7 Å². The van der Waals surface area contributed by atoms with Crippen LogP contribution < -0.4 is 10.6 Å². The van der Waals surface area contributed by atoms with Crippen molar-refractivity contribution in [3.05, 3.63) is 16.1 Å². The molecule has 22 heavy (non-hydrogen) atoms. The molecule has 0 fully saturated rings. The Hall–Kier alpha value is -0.410. The molecule has 5 nitrogen and oxygen atoms in total. The molecule has 0 spiro atoms. The summed E-state index contributed by atoms with van der Waals surface area (Å²) < 4.78 is 0. The van der Waals surface area contributed by atoms with E-state index in [9.17, 15) is 0 Å². The number of guanidine groups is 1. The van der Waals surface area contributed by atoms with Gasteiger partial charge < -0.3 is 15.7 Å². The van der Waals surface area contributed by atoms with Gasteiger partial charge in [-0.3, -0.25) is 0 Å². The second kappa shape index (κ2) is 13.1. The highest BCUT2D eigenvalue weighted by atomic mass is 127. The molecule has 7 heteroatoms. The molecule has 1 unspecified atom stereocenters. The largest absolute Gasteiger partial charge is 0.396 e. The van der Waals surface area contributed by atoms with Gasteiger partial charge in [0, 0.05) is 24.6 Å². The van der Waals surface area contributed by atoms with Crippen LogP contribution in [0.3, 0.4) is 0 Å². The van der Waals surface area contributed by atoms with Crippen LogP contribution in [0.15, 0.2) is 10.5 Å². The SMILES string of the molecule is CCCC(CCO)CNC(=NCc1scnc1C)NCC.I. The predicted octanol–water partition coefficient (Wildman–Crippen LogP) is 2.92. The van der Waals surface area contributed by atoms with E-state index in [1.165, 1.54) is 4.88 Å². The van der Waals surface area contributed by atoms with Gasteiger partial charge in [-0.15, -0.1) is 35.3 Å². The zero-order valence-electron chi connectivity index (χ0n) is 13.8. The van der Waals surface area contributed by atoms with Crippen LogP contribution in [-0.4, -0.2) is 35.7 Å². The van der Waals surface area contributed by atoms with Crippen LogP contribution >= 0.6 is 35.3 Å². The molecule has 1 aromatic rings. The summed E-state index contributed by atoms with van der Waals surface area (Å²) in [6, 6.07) is 0. The highest BCUT2D eigenvalue weighted by Crippen LogP contribution is 2.13. The standard InChI is InChI=1S/C15H28N4OS.HI/c1-4-6-13(7-8-20)9-17-15(16-5-2)18-10-14-12(3)19-11-21-14;/h11,13,20H,4-10H2,1-3H3,(H2,16,17,18);1H. The van der Waals surface area contributed by atoms with Crippen molar-refractivity contribution in [1.82, 2.24) is 15.6 Å². The summed E-state index contributed by atoms with van der Waals surface area (Å²) in [5, 5.41) is 15.8. The molecule has 128 valence electrons. The molecule has 0 amide bonds. The highest BCUT2D eigenvalue weighted by molar-refractivity contribution is 14.0. The van der Waals surface area contributed by atoms with Crippen molar-refractivity contribution in [2.45, 2.75) is 46.6 Å². The van der Waals surface area contributed by atoms with Crippen molar-refractivity contribution in [2.75, 3.05) is 19.7 Å². The number of hydrogen-bond donors (Lipinski definition) is 3. The Morgan fingerprint density at radius 2 is 2.14 bits per heavy atom. The fourth-order valence-corrected chi connectivity index (χ4v) is 2.85. The number of nitrogens with one attached hydrogen (secondary N) is 2. The van der Waals surface area contributed by atoms with Crippen molar-refractivity contribution in [2.24, 2.45) is 10.9 Å². The van der Waals surface area contributed by atoms with Crippen molar-refractivity contribution >= 4 is 41.3 Å². The first-order valence-electron chi connectivity index (χ1n) is 7.73. The lowest BCUT2D eigenvalue weighted by atomic mass is 10.0. The van der Waals surface area contributed by atoms with E-state index in [1.807, 2.05) is 12.4 Å². The van der Waals surface area contributed by atoms with Crippen LogP contribution in [0.4, 0.5) is 0 Å². The highest BCUT2D eigenvalue weighted by Gasteiger charge is 2.08. The number of aliphatic hydroxyl groups excluding tert-OH is 1. The Morgan fingerprint density at radius 3 is 2.68 bits per heavy atom. The van der Waals surface area contributed by atoms with E-state index in [-0.39, 0.29) is 30.6 Å². The van der Waals surface area contributed by atoms with Crippen LogP contribution in [0.5, 0.6) is 0 Å². The summed E-state index contributed by atoms with van der Waals surface area (Å²) in [5.41, 5.74) is 2.92. The Labute approximate surface area is 155 Å². The minimum atomic E-state index is 0. The molecule has 0 saturated heterocycles. The van der Waals surface area contributed by atoms with Gasteiger partial charge in [-0.05, 0) is 32.6 Å². The van der Waals surface area contributed by atoms with E-state index in [0.29, 0.717) is 12.5 Å². The van der Waals surface area contributed by atoms with Crippen molar-refractivity contribution in [1.29, 1.82) is 0 Å². The van der Waals surface area contributed by atoms with Crippen LogP contribution in [0.25, 0.3) is 0 Å². The number of aromatic nitrogens is 1. The lowest BCUT2D eigenvalue weighted by molar-refractivity contribution is 0.251. The minimum absolute atomic E-state index is 0. The first-order chi connectivity index (χ1) is 10.2. The zero-order chi connectivity index (χ0) is 15.5. The molecule has 3 N–H and O–H groups in total. The lowest BCUT2D eigenvalue weighted by Crippen LogP contribution is -2.40. The number of aliphatic hydroxyl groups is 1. The maximum absolute atomic E-state index is 9.11. The van der Waals surface area contributed by atoms with E-state index in [4.69, 9.17) is 5.11 Å². The molecule has 0 aliphatic heterocycles. The third kappa shape index (κ3) is 8.28. The lowest BCUT2D eigenvalue weighted by Gasteiger charge is -2.18. The third-order valence-electron chi connectivity index (χ3n) is 3.36. The summed E-state index contributed by atoms with van der Waals surface area (Å²) >= 11 is 1.64. The van der Waals surface area contributed by atoms with E-state index in [0.717, 1.165) is 44.0 Å². The zero-order valence-corrected chi connectivity index (χ0v) is 16.9. The summed E-state index contributed by atoms with van der Waals surface area (Å²) in [5.74, 6) is 1.33. The molecule has 0 radical (unpaired) electrons. The number of nitrogens with zero attached hydrogens (tertiary/aromatic N) is 2. The Balaban J connectivity index is 0.00000441. The third-order valence-corrected chi connectivity index (χ3v) is 4.28. The first kappa shape index (κ1) is 21.6. The van der Waals surface area contributed by atoms with Crippen molar-refractivity contribution in [3.63, 3.8) is 0 Å². The molecule has 1 atom stereocenters. The molecular formula is C15H29IN4OS. The topological polar surface area (TPSA) is 69.5 Å². The van der Waals surface area contributed by atoms with Gasteiger partial charge in [-0.25, -0.2) is 9.98 Å². The number of aliphatic imine (C=N–C) groups is 1. The second-order valence-electron chi connectivity index (χ2n) is 5.10. The quantitative estimate of drug-likeness (QED) is 0.314. The molecule has 1 heterocycles. The van der Waals surface area contributed by atoms with E-state index in [2.05, 4.69) is 34.5 Å². The van der Waals surface area contributed by atoms with Gasteiger partial charge in [-0.1, -0.05) is 13.3 Å².